The molecule has 2 atom stereocenters. The van der Waals surface area contributed by atoms with Crippen LogP contribution in [-0.4, -0.2) is 29.7 Å². The number of carbonyl (C=O) groups is 1. The lowest BCUT2D eigenvalue weighted by molar-refractivity contribution is 0.0355. The summed E-state index contributed by atoms with van der Waals surface area (Å²) in [7, 11) is 0. The molecule has 0 radical (unpaired) electrons. The fraction of sp³-hybridized carbons (Fsp3) is 0.929. The Morgan fingerprint density at radius 3 is 2.53 bits per heavy atom. The van der Waals surface area contributed by atoms with Crippen LogP contribution in [0.2, 0.25) is 0 Å². The molecule has 2 saturated carbocycles. The number of nitrogens with zero attached hydrogens (tertiary/aromatic N) is 1. The molecular formula is C14H23NO2. The first-order valence-electron chi connectivity index (χ1n) is 7.32. The van der Waals surface area contributed by atoms with Crippen LogP contribution in [0.25, 0.3) is 0 Å². The average Bonchev–Trinajstić information content (AvgIpc) is 2.97. The Labute approximate surface area is 104 Å². The maximum atomic E-state index is 12.2. The summed E-state index contributed by atoms with van der Waals surface area (Å²) in [5, 5.41) is 0. The zero-order chi connectivity index (χ0) is 11.7. The van der Waals surface area contributed by atoms with Gasteiger partial charge in [-0.15, -0.1) is 0 Å². The second kappa shape index (κ2) is 4.87. The summed E-state index contributed by atoms with van der Waals surface area (Å²) >= 11 is 0. The van der Waals surface area contributed by atoms with Gasteiger partial charge in [0.15, 0.2) is 0 Å². The van der Waals surface area contributed by atoms with E-state index < -0.39 is 0 Å². The van der Waals surface area contributed by atoms with Crippen molar-refractivity contribution in [2.75, 3.05) is 6.54 Å². The molecule has 0 aromatic rings. The highest BCUT2D eigenvalue weighted by Gasteiger charge is 2.38. The van der Waals surface area contributed by atoms with Crippen LogP contribution in [-0.2, 0) is 4.74 Å². The van der Waals surface area contributed by atoms with E-state index in [1.807, 2.05) is 4.90 Å². The monoisotopic (exact) mass is 237 g/mol. The number of hydrogen-bond donors (Lipinski definition) is 0. The van der Waals surface area contributed by atoms with Gasteiger partial charge in [0.05, 0.1) is 0 Å². The van der Waals surface area contributed by atoms with E-state index in [2.05, 4.69) is 0 Å². The van der Waals surface area contributed by atoms with E-state index in [0.29, 0.717) is 6.04 Å². The van der Waals surface area contributed by atoms with Gasteiger partial charge < -0.3 is 9.64 Å². The third kappa shape index (κ3) is 2.29. The van der Waals surface area contributed by atoms with Crippen molar-refractivity contribution in [1.29, 1.82) is 0 Å². The molecule has 3 nitrogen and oxygen atoms in total. The lowest BCUT2D eigenvalue weighted by Crippen LogP contribution is -2.47. The van der Waals surface area contributed by atoms with Crippen molar-refractivity contribution in [2.45, 2.75) is 69.9 Å². The Hall–Kier alpha value is -0.730. The molecule has 17 heavy (non-hydrogen) atoms. The van der Waals surface area contributed by atoms with Crippen LogP contribution in [0.15, 0.2) is 0 Å². The second-order valence-electron chi connectivity index (χ2n) is 5.88. The second-order valence-corrected chi connectivity index (χ2v) is 5.88. The normalized spacial score (nSPS) is 33.8. The number of likely N-dealkylation sites (tertiary alicyclic amines) is 1. The van der Waals surface area contributed by atoms with Crippen LogP contribution in [0.5, 0.6) is 0 Å². The minimum Gasteiger partial charge on any atom is -0.446 e. The van der Waals surface area contributed by atoms with E-state index in [9.17, 15) is 4.79 Å². The molecule has 3 heteroatoms. The predicted octanol–water partition coefficient (Wildman–Crippen LogP) is 3.33. The molecule has 3 aliphatic rings. The highest BCUT2D eigenvalue weighted by molar-refractivity contribution is 5.68. The van der Waals surface area contributed by atoms with Gasteiger partial charge in [-0.05, 0) is 57.3 Å². The minimum absolute atomic E-state index is 0.0199. The van der Waals surface area contributed by atoms with E-state index in [1.54, 1.807) is 0 Å². The first-order chi connectivity index (χ1) is 8.34. The van der Waals surface area contributed by atoms with Gasteiger partial charge in [0.2, 0.25) is 0 Å². The van der Waals surface area contributed by atoms with Gasteiger partial charge in [-0.2, -0.15) is 0 Å². The Morgan fingerprint density at radius 2 is 1.71 bits per heavy atom. The van der Waals surface area contributed by atoms with Gasteiger partial charge >= 0.3 is 6.09 Å². The molecule has 3 rings (SSSR count). The Bertz CT molecular complexity index is 286. The fourth-order valence-corrected chi connectivity index (χ4v) is 3.90. The summed E-state index contributed by atoms with van der Waals surface area (Å²) in [6.45, 7) is 0.923. The van der Waals surface area contributed by atoms with Gasteiger partial charge in [0, 0.05) is 12.6 Å². The highest BCUT2D eigenvalue weighted by Crippen LogP contribution is 2.37. The van der Waals surface area contributed by atoms with Crippen LogP contribution >= 0.6 is 0 Å². The van der Waals surface area contributed by atoms with Crippen LogP contribution in [0, 0.1) is 5.92 Å². The van der Waals surface area contributed by atoms with Crippen LogP contribution in [0.3, 0.4) is 0 Å². The van der Waals surface area contributed by atoms with E-state index >= 15 is 0 Å². The predicted molar refractivity (Wildman–Crippen MR) is 65.8 cm³/mol. The van der Waals surface area contributed by atoms with Crippen LogP contribution in [0.4, 0.5) is 4.79 Å². The molecule has 0 aromatic carbocycles. The van der Waals surface area contributed by atoms with Crippen molar-refractivity contribution < 1.29 is 9.53 Å². The maximum absolute atomic E-state index is 12.2. The zero-order valence-electron chi connectivity index (χ0n) is 10.6. The lowest BCUT2D eigenvalue weighted by Gasteiger charge is -2.37. The third-order valence-electron chi connectivity index (χ3n) is 4.80. The smallest absolute Gasteiger partial charge is 0.410 e. The lowest BCUT2D eigenvalue weighted by atomic mass is 9.92. The molecule has 2 aliphatic carbocycles. The quantitative estimate of drug-likeness (QED) is 0.700. The van der Waals surface area contributed by atoms with Crippen LogP contribution in [0.1, 0.15) is 57.8 Å². The number of amides is 1. The highest BCUT2D eigenvalue weighted by atomic mass is 16.6. The summed E-state index contributed by atoms with van der Waals surface area (Å²) in [5.74, 6) is 0.764. The van der Waals surface area contributed by atoms with Crippen LogP contribution < -0.4 is 0 Å². The van der Waals surface area contributed by atoms with E-state index in [4.69, 9.17) is 4.74 Å². The van der Waals surface area contributed by atoms with Gasteiger partial charge in [0.25, 0.3) is 0 Å². The number of ether oxygens (including phenoxy) is 1. The van der Waals surface area contributed by atoms with Crippen molar-refractivity contribution in [3.63, 3.8) is 0 Å². The van der Waals surface area contributed by atoms with Crippen molar-refractivity contribution >= 4 is 6.09 Å². The summed E-state index contributed by atoms with van der Waals surface area (Å²) in [4.78, 5) is 14.2. The first kappa shape index (κ1) is 11.4. The van der Waals surface area contributed by atoms with E-state index in [1.165, 1.54) is 44.9 Å². The molecule has 96 valence electrons. The Balaban J connectivity index is 1.59. The number of carbonyl (C=O) groups excluding carboxylic acids is 1. The molecular weight excluding hydrogens is 214 g/mol. The van der Waals surface area contributed by atoms with E-state index in [0.717, 1.165) is 25.3 Å². The largest absolute Gasteiger partial charge is 0.446 e. The molecule has 0 bridgehead atoms. The molecule has 1 aliphatic heterocycles. The average molecular weight is 237 g/mol. The van der Waals surface area contributed by atoms with Crippen molar-refractivity contribution in [3.05, 3.63) is 0 Å². The SMILES string of the molecule is O=C(OC1CCCC1)N1CCCC2CCCC21. The van der Waals surface area contributed by atoms with Gasteiger partial charge in [-0.1, -0.05) is 6.42 Å². The summed E-state index contributed by atoms with van der Waals surface area (Å²) in [5.41, 5.74) is 0. The Kier molecular flexibility index (Phi) is 3.26. The molecule has 2 unspecified atom stereocenters. The Morgan fingerprint density at radius 1 is 0.941 bits per heavy atom. The third-order valence-corrected chi connectivity index (χ3v) is 4.80. The maximum Gasteiger partial charge on any atom is 0.410 e. The summed E-state index contributed by atoms with van der Waals surface area (Å²) in [6, 6.07) is 0.498. The standard InChI is InChI=1S/C14H23NO2/c16-14(17-12-7-1-2-8-12)15-10-4-6-11-5-3-9-13(11)15/h11-13H,1-10H2. The van der Waals surface area contributed by atoms with Crippen molar-refractivity contribution in [1.82, 2.24) is 4.90 Å². The van der Waals surface area contributed by atoms with Gasteiger partial charge in [-0.3, -0.25) is 0 Å². The first-order valence-corrected chi connectivity index (χ1v) is 7.32. The molecule has 1 heterocycles. The zero-order valence-corrected chi connectivity index (χ0v) is 10.6. The van der Waals surface area contributed by atoms with Gasteiger partial charge in [0.1, 0.15) is 6.10 Å². The molecule has 1 amide bonds. The van der Waals surface area contributed by atoms with Gasteiger partial charge in [-0.25, -0.2) is 4.79 Å². The fourth-order valence-electron chi connectivity index (χ4n) is 3.90. The number of rotatable bonds is 1. The number of fused-ring (bicyclic) bond motifs is 1. The van der Waals surface area contributed by atoms with Crippen molar-refractivity contribution in [3.8, 4) is 0 Å². The summed E-state index contributed by atoms with van der Waals surface area (Å²) in [6.07, 6.45) is 11.1. The molecule has 0 aromatic heterocycles. The topological polar surface area (TPSA) is 29.5 Å². The molecule has 1 saturated heterocycles. The van der Waals surface area contributed by atoms with Crippen molar-refractivity contribution in [2.24, 2.45) is 5.92 Å². The molecule has 0 N–H and O–H groups in total. The minimum atomic E-state index is -0.0199. The number of hydrogen-bond acceptors (Lipinski definition) is 2. The van der Waals surface area contributed by atoms with E-state index in [-0.39, 0.29) is 12.2 Å². The summed E-state index contributed by atoms with van der Waals surface area (Å²) < 4.78 is 5.65. The molecule has 0 spiro atoms. The number of piperidine rings is 1. The molecule has 3 fully saturated rings.